The number of hydrogen-bond acceptors (Lipinski definition) is 3. The van der Waals surface area contributed by atoms with Gasteiger partial charge in [-0.2, -0.15) is 0 Å². The van der Waals surface area contributed by atoms with Gasteiger partial charge in [0.2, 0.25) is 5.91 Å². The Hall–Kier alpha value is -1.07. The first-order valence-corrected chi connectivity index (χ1v) is 7.28. The normalized spacial score (nSPS) is 18.3. The molecule has 0 radical (unpaired) electrons. The van der Waals surface area contributed by atoms with Crippen LogP contribution in [-0.4, -0.2) is 32.7 Å². The maximum atomic E-state index is 11.9. The van der Waals surface area contributed by atoms with Crippen LogP contribution in [0.1, 0.15) is 12.0 Å². The zero-order valence-corrected chi connectivity index (χ0v) is 12.6. The number of carbonyl (C=O) groups is 1. The molecule has 1 aromatic carbocycles. The molecule has 104 valence electrons. The van der Waals surface area contributed by atoms with Crippen molar-refractivity contribution in [3.8, 4) is 5.75 Å². The number of ether oxygens (including phenoxy) is 1. The predicted molar refractivity (Wildman–Crippen MR) is 78.4 cm³/mol. The summed E-state index contributed by atoms with van der Waals surface area (Å²) in [6.07, 6.45) is 1.49. The molecule has 0 spiro atoms. The third-order valence-corrected chi connectivity index (χ3v) is 3.84. The largest absolute Gasteiger partial charge is 0.496 e. The van der Waals surface area contributed by atoms with E-state index in [1.165, 1.54) is 0 Å². The number of amides is 1. The van der Waals surface area contributed by atoms with Gasteiger partial charge in [-0.1, -0.05) is 15.9 Å². The summed E-state index contributed by atoms with van der Waals surface area (Å²) in [5, 5.41) is 6.29. The summed E-state index contributed by atoms with van der Waals surface area (Å²) < 4.78 is 6.22. The van der Waals surface area contributed by atoms with Gasteiger partial charge in [0.15, 0.2) is 0 Å². The Kier molecular flexibility index (Phi) is 5.22. The molecule has 4 nitrogen and oxygen atoms in total. The van der Waals surface area contributed by atoms with Crippen molar-refractivity contribution < 1.29 is 9.53 Å². The van der Waals surface area contributed by atoms with E-state index in [1.54, 1.807) is 7.11 Å². The summed E-state index contributed by atoms with van der Waals surface area (Å²) in [6.45, 7) is 2.81. The van der Waals surface area contributed by atoms with Gasteiger partial charge in [0.25, 0.3) is 0 Å². The van der Waals surface area contributed by atoms with Crippen molar-refractivity contribution in [2.24, 2.45) is 5.92 Å². The number of hydrogen-bond donors (Lipinski definition) is 2. The molecule has 1 amide bonds. The van der Waals surface area contributed by atoms with Gasteiger partial charge >= 0.3 is 0 Å². The standard InChI is InChI=1S/C14H19BrN2O2/c1-19-13-3-2-12(15)6-11(13)7-14(18)17-9-10-4-5-16-8-10/h2-3,6,10,16H,4-5,7-9H2,1H3,(H,17,18). The van der Waals surface area contributed by atoms with E-state index in [0.29, 0.717) is 12.3 Å². The molecule has 1 heterocycles. The maximum Gasteiger partial charge on any atom is 0.224 e. The highest BCUT2D eigenvalue weighted by Gasteiger charge is 2.16. The predicted octanol–water partition coefficient (Wildman–Crippen LogP) is 1.73. The van der Waals surface area contributed by atoms with Crippen LogP contribution in [0.2, 0.25) is 0 Å². The molecular formula is C14H19BrN2O2. The maximum absolute atomic E-state index is 11.9. The fraction of sp³-hybridized carbons (Fsp3) is 0.500. The number of methoxy groups -OCH3 is 1. The van der Waals surface area contributed by atoms with Gasteiger partial charge in [-0.25, -0.2) is 0 Å². The van der Waals surface area contributed by atoms with Crippen LogP contribution in [0.3, 0.4) is 0 Å². The smallest absolute Gasteiger partial charge is 0.224 e. The van der Waals surface area contributed by atoms with E-state index in [0.717, 1.165) is 41.8 Å². The fourth-order valence-corrected chi connectivity index (χ4v) is 2.68. The molecule has 2 rings (SSSR count). The van der Waals surface area contributed by atoms with Crippen molar-refractivity contribution in [3.05, 3.63) is 28.2 Å². The van der Waals surface area contributed by atoms with E-state index < -0.39 is 0 Å². The van der Waals surface area contributed by atoms with E-state index in [1.807, 2.05) is 18.2 Å². The molecule has 1 fully saturated rings. The molecule has 0 bridgehead atoms. The lowest BCUT2D eigenvalue weighted by Gasteiger charge is -2.12. The molecule has 0 aromatic heterocycles. The van der Waals surface area contributed by atoms with Crippen LogP contribution in [0.5, 0.6) is 5.75 Å². The van der Waals surface area contributed by atoms with Gasteiger partial charge in [0, 0.05) is 16.6 Å². The first kappa shape index (κ1) is 14.3. The van der Waals surface area contributed by atoms with Gasteiger partial charge in [0.05, 0.1) is 13.5 Å². The van der Waals surface area contributed by atoms with Gasteiger partial charge < -0.3 is 15.4 Å². The van der Waals surface area contributed by atoms with Crippen molar-refractivity contribution >= 4 is 21.8 Å². The van der Waals surface area contributed by atoms with E-state index in [9.17, 15) is 4.79 Å². The molecule has 1 atom stereocenters. The highest BCUT2D eigenvalue weighted by Crippen LogP contribution is 2.23. The molecule has 1 aromatic rings. The van der Waals surface area contributed by atoms with E-state index in [2.05, 4.69) is 26.6 Å². The fourth-order valence-electron chi connectivity index (χ4n) is 2.27. The third kappa shape index (κ3) is 4.21. The average Bonchev–Trinajstić information content (AvgIpc) is 2.90. The Labute approximate surface area is 122 Å². The third-order valence-electron chi connectivity index (χ3n) is 3.34. The second kappa shape index (κ2) is 6.91. The van der Waals surface area contributed by atoms with Crippen LogP contribution in [0.4, 0.5) is 0 Å². The molecule has 1 saturated heterocycles. The summed E-state index contributed by atoms with van der Waals surface area (Å²) in [5.74, 6) is 1.36. The lowest BCUT2D eigenvalue weighted by Crippen LogP contribution is -2.31. The van der Waals surface area contributed by atoms with E-state index in [4.69, 9.17) is 4.74 Å². The van der Waals surface area contributed by atoms with Crippen LogP contribution >= 0.6 is 15.9 Å². The molecule has 1 aliphatic heterocycles. The number of nitrogens with one attached hydrogen (secondary N) is 2. The van der Waals surface area contributed by atoms with Crippen molar-refractivity contribution in [2.45, 2.75) is 12.8 Å². The molecule has 1 aliphatic rings. The molecule has 0 aliphatic carbocycles. The SMILES string of the molecule is COc1ccc(Br)cc1CC(=O)NCC1CCNC1. The highest BCUT2D eigenvalue weighted by atomic mass is 79.9. The van der Waals surface area contributed by atoms with E-state index in [-0.39, 0.29) is 5.91 Å². The Morgan fingerprint density at radius 1 is 1.58 bits per heavy atom. The van der Waals surface area contributed by atoms with Crippen molar-refractivity contribution in [2.75, 3.05) is 26.7 Å². The van der Waals surface area contributed by atoms with Crippen LogP contribution in [0.25, 0.3) is 0 Å². The summed E-state index contributed by atoms with van der Waals surface area (Å²) in [6, 6.07) is 5.70. The Morgan fingerprint density at radius 3 is 3.11 bits per heavy atom. The Morgan fingerprint density at radius 2 is 2.42 bits per heavy atom. The zero-order chi connectivity index (χ0) is 13.7. The highest BCUT2D eigenvalue weighted by molar-refractivity contribution is 9.10. The Bertz CT molecular complexity index is 445. The monoisotopic (exact) mass is 326 g/mol. The summed E-state index contributed by atoms with van der Waals surface area (Å²) in [7, 11) is 1.62. The summed E-state index contributed by atoms with van der Waals surface area (Å²) >= 11 is 3.41. The van der Waals surface area contributed by atoms with Crippen LogP contribution in [0.15, 0.2) is 22.7 Å². The summed E-state index contributed by atoms with van der Waals surface area (Å²) in [5.41, 5.74) is 0.902. The minimum atomic E-state index is 0.0447. The number of halogens is 1. The molecule has 5 heteroatoms. The van der Waals surface area contributed by atoms with Crippen LogP contribution in [0, 0.1) is 5.92 Å². The zero-order valence-electron chi connectivity index (χ0n) is 11.0. The van der Waals surface area contributed by atoms with Gasteiger partial charge in [-0.05, 0) is 43.6 Å². The van der Waals surface area contributed by atoms with E-state index >= 15 is 0 Å². The van der Waals surface area contributed by atoms with Gasteiger partial charge in [0.1, 0.15) is 5.75 Å². The first-order chi connectivity index (χ1) is 9.19. The first-order valence-electron chi connectivity index (χ1n) is 6.49. The molecule has 1 unspecified atom stereocenters. The topological polar surface area (TPSA) is 50.4 Å². The average molecular weight is 327 g/mol. The number of carbonyl (C=O) groups excluding carboxylic acids is 1. The van der Waals surface area contributed by atoms with Crippen molar-refractivity contribution in [1.29, 1.82) is 0 Å². The van der Waals surface area contributed by atoms with Gasteiger partial charge in [-0.3, -0.25) is 4.79 Å². The van der Waals surface area contributed by atoms with Crippen molar-refractivity contribution in [3.63, 3.8) is 0 Å². The number of rotatable bonds is 5. The number of benzene rings is 1. The second-order valence-electron chi connectivity index (χ2n) is 4.80. The molecule has 0 saturated carbocycles. The summed E-state index contributed by atoms with van der Waals surface area (Å²) in [4.78, 5) is 11.9. The van der Waals surface area contributed by atoms with Crippen LogP contribution < -0.4 is 15.4 Å². The van der Waals surface area contributed by atoms with Crippen LogP contribution in [-0.2, 0) is 11.2 Å². The van der Waals surface area contributed by atoms with Gasteiger partial charge in [-0.15, -0.1) is 0 Å². The molecular weight excluding hydrogens is 308 g/mol. The Balaban J connectivity index is 1.88. The minimum Gasteiger partial charge on any atom is -0.496 e. The lowest BCUT2D eigenvalue weighted by atomic mass is 10.1. The van der Waals surface area contributed by atoms with Crippen molar-refractivity contribution in [1.82, 2.24) is 10.6 Å². The minimum absolute atomic E-state index is 0.0447. The lowest BCUT2D eigenvalue weighted by molar-refractivity contribution is -0.120. The second-order valence-corrected chi connectivity index (χ2v) is 5.71. The molecule has 19 heavy (non-hydrogen) atoms. The molecule has 2 N–H and O–H groups in total. The quantitative estimate of drug-likeness (QED) is 0.866.